The lowest BCUT2D eigenvalue weighted by Crippen LogP contribution is -2.12. The molecule has 0 atom stereocenters. The van der Waals surface area contributed by atoms with Crippen LogP contribution in [0.4, 0.5) is 17.1 Å². The quantitative estimate of drug-likeness (QED) is 0.161. The molecule has 0 N–H and O–H groups in total. The van der Waals surface area contributed by atoms with Gasteiger partial charge in [-0.2, -0.15) is 0 Å². The summed E-state index contributed by atoms with van der Waals surface area (Å²) in [5, 5.41) is 12.4. The van der Waals surface area contributed by atoms with E-state index in [1.807, 2.05) is 0 Å². The van der Waals surface area contributed by atoms with Crippen LogP contribution >= 0.6 is 0 Å². The Morgan fingerprint density at radius 1 is 0.281 bits per heavy atom. The van der Waals surface area contributed by atoms with Crippen LogP contribution in [0.5, 0.6) is 0 Å². The number of hydrogen-bond donors (Lipinski definition) is 0. The van der Waals surface area contributed by atoms with Crippen LogP contribution in [-0.4, -0.2) is 9.13 Å². The van der Waals surface area contributed by atoms with E-state index in [0.717, 1.165) is 28.4 Å². The molecule has 0 fully saturated rings. The predicted molar refractivity (Wildman–Crippen MR) is 242 cm³/mol. The molecule has 2 aromatic heterocycles. The maximum absolute atomic E-state index is 2.50. The highest BCUT2D eigenvalue weighted by Gasteiger charge is 2.24. The van der Waals surface area contributed by atoms with Crippen molar-refractivity contribution in [3.05, 3.63) is 212 Å². The molecule has 0 saturated carbocycles. The second-order valence-corrected chi connectivity index (χ2v) is 14.9. The van der Waals surface area contributed by atoms with Gasteiger partial charge in [0.25, 0.3) is 0 Å². The molecule has 57 heavy (non-hydrogen) atoms. The summed E-state index contributed by atoms with van der Waals surface area (Å²) in [6, 6.07) is 77.6. The first kappa shape index (κ1) is 31.7. The Kier molecular flexibility index (Phi) is 6.93. The largest absolute Gasteiger partial charge is 0.309 e. The van der Waals surface area contributed by atoms with Crippen molar-refractivity contribution in [2.45, 2.75) is 0 Å². The maximum Gasteiger partial charge on any atom is 0.0782 e. The predicted octanol–water partition coefficient (Wildman–Crippen LogP) is 14.8. The first-order valence-electron chi connectivity index (χ1n) is 19.6. The van der Waals surface area contributed by atoms with E-state index in [-0.39, 0.29) is 0 Å². The van der Waals surface area contributed by atoms with Crippen molar-refractivity contribution in [2.75, 3.05) is 4.90 Å². The summed E-state index contributed by atoms with van der Waals surface area (Å²) in [6.07, 6.45) is 0. The van der Waals surface area contributed by atoms with Crippen molar-refractivity contribution in [1.82, 2.24) is 9.13 Å². The number of fused-ring (bicyclic) bond motifs is 11. The van der Waals surface area contributed by atoms with Gasteiger partial charge >= 0.3 is 0 Å². The zero-order chi connectivity index (χ0) is 37.5. The number of rotatable bonds is 5. The van der Waals surface area contributed by atoms with E-state index >= 15 is 0 Å². The summed E-state index contributed by atoms with van der Waals surface area (Å²) < 4.78 is 4.83. The average Bonchev–Trinajstić information content (AvgIpc) is 3.80. The van der Waals surface area contributed by atoms with Crippen molar-refractivity contribution in [3.8, 4) is 11.4 Å². The summed E-state index contributed by atoms with van der Waals surface area (Å²) >= 11 is 0. The first-order valence-corrected chi connectivity index (χ1v) is 19.6. The molecule has 0 amide bonds. The molecule has 2 heterocycles. The van der Waals surface area contributed by atoms with E-state index in [1.165, 1.54) is 75.9 Å². The van der Waals surface area contributed by atoms with E-state index in [2.05, 4.69) is 226 Å². The SMILES string of the molecule is c1ccc(-n2c3ccccc3c3cc(N(c4cccc5c4ccc4c6ccccc6ccc54)c4cccc5c6ccccc6n(-c6ccccc6)c45)ccc32)cc1. The maximum atomic E-state index is 2.50. The Bertz CT molecular complexity index is 3520. The Morgan fingerprint density at radius 3 is 1.56 bits per heavy atom. The summed E-state index contributed by atoms with van der Waals surface area (Å²) in [5.41, 5.74) is 10.4. The molecule has 0 saturated heterocycles. The minimum atomic E-state index is 1.10. The van der Waals surface area contributed by atoms with Crippen LogP contribution in [0.15, 0.2) is 212 Å². The number of nitrogens with zero attached hydrogens (tertiary/aromatic N) is 3. The zero-order valence-electron chi connectivity index (χ0n) is 31.0. The summed E-state index contributed by atoms with van der Waals surface area (Å²) in [5.74, 6) is 0. The number of benzene rings is 10. The summed E-state index contributed by atoms with van der Waals surface area (Å²) in [4.78, 5) is 2.50. The lowest BCUT2D eigenvalue weighted by molar-refractivity contribution is 1.17. The van der Waals surface area contributed by atoms with Gasteiger partial charge in [0, 0.05) is 44.0 Å². The topological polar surface area (TPSA) is 13.1 Å². The molecule has 12 aromatic rings. The molecule has 266 valence electrons. The van der Waals surface area contributed by atoms with Crippen LogP contribution in [0, 0.1) is 0 Å². The van der Waals surface area contributed by atoms with Gasteiger partial charge < -0.3 is 14.0 Å². The molecule has 0 radical (unpaired) electrons. The Hall–Kier alpha value is -7.62. The highest BCUT2D eigenvalue weighted by molar-refractivity contribution is 6.21. The van der Waals surface area contributed by atoms with E-state index in [1.54, 1.807) is 0 Å². The molecule has 0 aliphatic heterocycles. The van der Waals surface area contributed by atoms with Crippen LogP contribution in [-0.2, 0) is 0 Å². The fourth-order valence-corrected chi connectivity index (χ4v) is 9.42. The van der Waals surface area contributed by atoms with Gasteiger partial charge in [0.15, 0.2) is 0 Å². The van der Waals surface area contributed by atoms with Gasteiger partial charge in [-0.3, -0.25) is 0 Å². The van der Waals surface area contributed by atoms with Gasteiger partial charge in [-0.05, 0) is 93.7 Å². The van der Waals surface area contributed by atoms with Gasteiger partial charge in [0.1, 0.15) is 0 Å². The van der Waals surface area contributed by atoms with E-state index in [4.69, 9.17) is 0 Å². The Balaban J connectivity index is 1.20. The first-order chi connectivity index (χ1) is 28.3. The standard InChI is InChI=1S/C54H35N3/c1-3-16-37(17-4-1)55-49-25-11-10-22-45(49)48-35-39(30-34-52(48)55)56(50-27-13-23-41-43-31-29-36-15-7-8-20-40(36)42(43)32-33-46(41)50)53-28-14-24-47-44-21-9-12-26-51(44)57(54(47)53)38-18-5-2-6-19-38/h1-35H. The average molecular weight is 726 g/mol. The van der Waals surface area contributed by atoms with Crippen molar-refractivity contribution in [1.29, 1.82) is 0 Å². The number of anilines is 3. The number of hydrogen-bond acceptors (Lipinski definition) is 1. The Morgan fingerprint density at radius 2 is 0.789 bits per heavy atom. The highest BCUT2D eigenvalue weighted by Crippen LogP contribution is 2.47. The van der Waals surface area contributed by atoms with Crippen LogP contribution in [0.25, 0.3) is 87.3 Å². The number of aromatic nitrogens is 2. The van der Waals surface area contributed by atoms with E-state index in [0.29, 0.717) is 0 Å². The normalized spacial score (nSPS) is 11.9. The van der Waals surface area contributed by atoms with Crippen molar-refractivity contribution < 1.29 is 0 Å². The second-order valence-electron chi connectivity index (χ2n) is 14.9. The van der Waals surface area contributed by atoms with Crippen molar-refractivity contribution >= 4 is 93.0 Å². The van der Waals surface area contributed by atoms with Crippen LogP contribution in [0.2, 0.25) is 0 Å². The molecule has 0 unspecified atom stereocenters. The third-order valence-corrected chi connectivity index (χ3v) is 11.9. The van der Waals surface area contributed by atoms with Crippen molar-refractivity contribution in [3.63, 3.8) is 0 Å². The molecule has 0 aliphatic rings. The Labute approximate surface area is 329 Å². The second kappa shape index (κ2) is 12.5. The lowest BCUT2D eigenvalue weighted by Gasteiger charge is -2.29. The molecule has 0 aliphatic carbocycles. The third kappa shape index (κ3) is 4.73. The fourth-order valence-electron chi connectivity index (χ4n) is 9.42. The van der Waals surface area contributed by atoms with Crippen LogP contribution < -0.4 is 4.90 Å². The molecule has 0 bridgehead atoms. The summed E-state index contributed by atoms with van der Waals surface area (Å²) in [7, 11) is 0. The third-order valence-electron chi connectivity index (χ3n) is 11.9. The van der Waals surface area contributed by atoms with Gasteiger partial charge in [-0.25, -0.2) is 0 Å². The van der Waals surface area contributed by atoms with Crippen molar-refractivity contribution in [2.24, 2.45) is 0 Å². The molecule has 10 aromatic carbocycles. The highest BCUT2D eigenvalue weighted by atomic mass is 15.2. The molecule has 3 nitrogen and oxygen atoms in total. The smallest absolute Gasteiger partial charge is 0.0782 e. The van der Waals surface area contributed by atoms with Gasteiger partial charge in [-0.15, -0.1) is 0 Å². The zero-order valence-corrected chi connectivity index (χ0v) is 31.0. The van der Waals surface area contributed by atoms with E-state index in [9.17, 15) is 0 Å². The molecule has 0 spiro atoms. The lowest BCUT2D eigenvalue weighted by atomic mass is 9.96. The minimum absolute atomic E-state index is 1.10. The molecule has 12 rings (SSSR count). The summed E-state index contributed by atoms with van der Waals surface area (Å²) in [6.45, 7) is 0. The van der Waals surface area contributed by atoms with Gasteiger partial charge in [0.2, 0.25) is 0 Å². The number of para-hydroxylation sites is 5. The molecular weight excluding hydrogens is 691 g/mol. The monoisotopic (exact) mass is 725 g/mol. The molecule has 3 heteroatoms. The van der Waals surface area contributed by atoms with Crippen LogP contribution in [0.3, 0.4) is 0 Å². The van der Waals surface area contributed by atoms with Gasteiger partial charge in [-0.1, -0.05) is 146 Å². The van der Waals surface area contributed by atoms with Crippen LogP contribution in [0.1, 0.15) is 0 Å². The fraction of sp³-hybridized carbons (Fsp3) is 0. The molecular formula is C54H35N3. The van der Waals surface area contributed by atoms with Gasteiger partial charge in [0.05, 0.1) is 33.4 Å². The minimum Gasteiger partial charge on any atom is -0.309 e. The van der Waals surface area contributed by atoms with E-state index < -0.39 is 0 Å².